The van der Waals surface area contributed by atoms with Crippen molar-refractivity contribution in [1.82, 2.24) is 20.8 Å². The number of non-ortho nitro benzene ring substituents is 1. The van der Waals surface area contributed by atoms with Crippen LogP contribution in [0.3, 0.4) is 0 Å². The average Bonchev–Trinajstić information content (AvgIpc) is 3.21. The number of rotatable bonds is 7. The maximum absolute atomic E-state index is 13.1. The third-order valence-corrected chi connectivity index (χ3v) is 3.72. The second-order valence-electron chi connectivity index (χ2n) is 5.75. The molecule has 0 aliphatic rings. The number of halogens is 1. The molecule has 0 aliphatic carbocycles. The molecule has 0 aliphatic heterocycles. The van der Waals surface area contributed by atoms with Gasteiger partial charge in [0.1, 0.15) is 5.82 Å². The second kappa shape index (κ2) is 8.69. The highest BCUT2D eigenvalue weighted by Gasteiger charge is 2.17. The predicted octanol–water partition coefficient (Wildman–Crippen LogP) is 1.94. The smallest absolute Gasteiger partial charge is 0.316 e. The lowest BCUT2D eigenvalue weighted by Gasteiger charge is -2.05. The van der Waals surface area contributed by atoms with Crippen LogP contribution in [-0.2, 0) is 0 Å². The van der Waals surface area contributed by atoms with Crippen molar-refractivity contribution < 1.29 is 23.4 Å². The normalized spacial score (nSPS) is 10.4. The summed E-state index contributed by atoms with van der Waals surface area (Å²) in [7, 11) is 0. The van der Waals surface area contributed by atoms with Crippen LogP contribution in [0.2, 0.25) is 0 Å². The van der Waals surface area contributed by atoms with Crippen molar-refractivity contribution in [1.29, 1.82) is 0 Å². The molecule has 3 rings (SSSR count). The first-order valence-corrected chi connectivity index (χ1v) is 8.34. The molecule has 1 heterocycles. The summed E-state index contributed by atoms with van der Waals surface area (Å²) in [5.74, 6) is -1.98. The molecule has 1 aromatic heterocycles. The Morgan fingerprint density at radius 1 is 1.07 bits per heavy atom. The molecule has 2 amide bonds. The lowest BCUT2D eigenvalue weighted by atomic mass is 10.2. The van der Waals surface area contributed by atoms with Crippen molar-refractivity contribution in [2.45, 2.75) is 0 Å². The Bertz CT molecular complexity index is 1070. The Morgan fingerprint density at radius 2 is 1.79 bits per heavy atom. The number of benzene rings is 2. The number of carbonyl (C=O) groups excluding carboxylic acids is 2. The molecule has 0 saturated carbocycles. The molecule has 0 atom stereocenters. The monoisotopic (exact) mass is 399 g/mol. The molecule has 3 aromatic rings. The maximum atomic E-state index is 13.1. The van der Waals surface area contributed by atoms with E-state index in [0.29, 0.717) is 5.56 Å². The Balaban J connectivity index is 1.52. The van der Waals surface area contributed by atoms with Crippen LogP contribution in [0.1, 0.15) is 21.0 Å². The van der Waals surface area contributed by atoms with E-state index in [1.807, 2.05) is 0 Å². The van der Waals surface area contributed by atoms with Gasteiger partial charge in [0.25, 0.3) is 11.6 Å². The van der Waals surface area contributed by atoms with Gasteiger partial charge in [-0.1, -0.05) is 23.4 Å². The Kier molecular flexibility index (Phi) is 5.88. The van der Waals surface area contributed by atoms with E-state index in [0.717, 1.165) is 6.07 Å². The fraction of sp³-hybridized carbons (Fsp3) is 0.111. The fourth-order valence-corrected chi connectivity index (χ4v) is 2.35. The van der Waals surface area contributed by atoms with E-state index in [-0.39, 0.29) is 36.1 Å². The highest BCUT2D eigenvalue weighted by Crippen LogP contribution is 2.21. The van der Waals surface area contributed by atoms with Crippen molar-refractivity contribution in [3.63, 3.8) is 0 Å². The van der Waals surface area contributed by atoms with Crippen LogP contribution in [0.5, 0.6) is 0 Å². The molecule has 148 valence electrons. The van der Waals surface area contributed by atoms with Gasteiger partial charge in [0.2, 0.25) is 5.82 Å². The van der Waals surface area contributed by atoms with Gasteiger partial charge in [-0.25, -0.2) is 4.39 Å². The molecule has 29 heavy (non-hydrogen) atoms. The SMILES string of the molecule is O=C(NCCNC(=O)c1nc(-c2cccc([N+](=O)[O-])c2)no1)c1cccc(F)c1. The lowest BCUT2D eigenvalue weighted by Crippen LogP contribution is -2.34. The molecule has 0 saturated heterocycles. The molecule has 0 fully saturated rings. The molecular weight excluding hydrogens is 385 g/mol. The number of nitrogens with one attached hydrogen (secondary N) is 2. The minimum absolute atomic E-state index is 0.0262. The van der Waals surface area contributed by atoms with E-state index in [2.05, 4.69) is 20.8 Å². The molecule has 0 radical (unpaired) electrons. The maximum Gasteiger partial charge on any atom is 0.316 e. The lowest BCUT2D eigenvalue weighted by molar-refractivity contribution is -0.384. The number of carbonyl (C=O) groups is 2. The van der Waals surface area contributed by atoms with Gasteiger partial charge in [0.05, 0.1) is 4.92 Å². The Hall–Kier alpha value is -4.15. The van der Waals surface area contributed by atoms with E-state index in [1.165, 1.54) is 36.4 Å². The topological polar surface area (TPSA) is 140 Å². The highest BCUT2D eigenvalue weighted by molar-refractivity contribution is 5.94. The van der Waals surface area contributed by atoms with Crippen LogP contribution in [0.4, 0.5) is 10.1 Å². The van der Waals surface area contributed by atoms with E-state index in [9.17, 15) is 24.1 Å². The summed E-state index contributed by atoms with van der Waals surface area (Å²) in [6.07, 6.45) is 0. The van der Waals surface area contributed by atoms with Crippen LogP contribution >= 0.6 is 0 Å². The molecule has 0 bridgehead atoms. The molecule has 2 N–H and O–H groups in total. The number of aromatic nitrogens is 2. The summed E-state index contributed by atoms with van der Waals surface area (Å²) >= 11 is 0. The van der Waals surface area contributed by atoms with Crippen LogP contribution in [0.15, 0.2) is 53.1 Å². The summed E-state index contributed by atoms with van der Waals surface area (Å²) in [5, 5.41) is 19.5. The Labute approximate surface area is 162 Å². The van der Waals surface area contributed by atoms with Gasteiger partial charge in [0.15, 0.2) is 0 Å². The van der Waals surface area contributed by atoms with Crippen molar-refractivity contribution in [3.8, 4) is 11.4 Å². The number of nitrogens with zero attached hydrogens (tertiary/aromatic N) is 3. The average molecular weight is 399 g/mol. The first kappa shape index (κ1) is 19.6. The van der Waals surface area contributed by atoms with Crippen molar-refractivity contribution in [3.05, 3.63) is 75.9 Å². The summed E-state index contributed by atoms with van der Waals surface area (Å²) in [4.78, 5) is 38.1. The van der Waals surface area contributed by atoms with Crippen molar-refractivity contribution in [2.75, 3.05) is 13.1 Å². The van der Waals surface area contributed by atoms with Crippen LogP contribution in [0, 0.1) is 15.9 Å². The van der Waals surface area contributed by atoms with E-state index < -0.39 is 22.6 Å². The largest absolute Gasteiger partial charge is 0.350 e. The molecule has 0 unspecified atom stereocenters. The summed E-state index contributed by atoms with van der Waals surface area (Å²) in [5.41, 5.74) is 0.339. The number of hydrogen-bond donors (Lipinski definition) is 2. The van der Waals surface area contributed by atoms with Crippen LogP contribution < -0.4 is 10.6 Å². The third-order valence-electron chi connectivity index (χ3n) is 3.72. The predicted molar refractivity (Wildman–Crippen MR) is 97.5 cm³/mol. The fourth-order valence-electron chi connectivity index (χ4n) is 2.35. The quantitative estimate of drug-likeness (QED) is 0.351. The van der Waals surface area contributed by atoms with Gasteiger partial charge < -0.3 is 15.2 Å². The zero-order valence-electron chi connectivity index (χ0n) is 14.8. The number of nitro groups is 1. The molecule has 10 nitrogen and oxygen atoms in total. The minimum atomic E-state index is -0.672. The van der Waals surface area contributed by atoms with E-state index in [1.54, 1.807) is 6.07 Å². The van der Waals surface area contributed by atoms with Gasteiger partial charge in [-0.3, -0.25) is 19.7 Å². The summed E-state index contributed by atoms with van der Waals surface area (Å²) in [6, 6.07) is 10.8. The summed E-state index contributed by atoms with van der Waals surface area (Å²) < 4.78 is 18.0. The first-order valence-electron chi connectivity index (χ1n) is 8.34. The first-order chi connectivity index (χ1) is 13.9. The van der Waals surface area contributed by atoms with Gasteiger partial charge in [0, 0.05) is 36.3 Å². The zero-order valence-corrected chi connectivity index (χ0v) is 14.8. The number of hydrogen-bond acceptors (Lipinski definition) is 7. The number of amides is 2. The van der Waals surface area contributed by atoms with Gasteiger partial charge in [-0.15, -0.1) is 0 Å². The van der Waals surface area contributed by atoms with E-state index in [4.69, 9.17) is 4.52 Å². The van der Waals surface area contributed by atoms with Crippen LogP contribution in [0.25, 0.3) is 11.4 Å². The zero-order chi connectivity index (χ0) is 20.8. The standard InChI is InChI=1S/C18H14FN5O5/c19-13-5-1-4-12(9-13)16(25)20-7-8-21-17(26)18-22-15(23-29-18)11-3-2-6-14(10-11)24(27)28/h1-6,9-10H,7-8H2,(H,20,25)(H,21,26). The van der Waals surface area contributed by atoms with Crippen LogP contribution in [-0.4, -0.2) is 40.0 Å². The Morgan fingerprint density at radius 3 is 2.52 bits per heavy atom. The second-order valence-corrected chi connectivity index (χ2v) is 5.75. The van der Waals surface area contributed by atoms with E-state index >= 15 is 0 Å². The molecule has 2 aromatic carbocycles. The van der Waals surface area contributed by atoms with Crippen molar-refractivity contribution >= 4 is 17.5 Å². The van der Waals surface area contributed by atoms with Gasteiger partial charge in [-0.2, -0.15) is 4.98 Å². The molecular formula is C18H14FN5O5. The third kappa shape index (κ3) is 4.97. The highest BCUT2D eigenvalue weighted by atomic mass is 19.1. The van der Waals surface area contributed by atoms with Crippen molar-refractivity contribution in [2.24, 2.45) is 0 Å². The van der Waals surface area contributed by atoms with Gasteiger partial charge in [-0.05, 0) is 18.2 Å². The van der Waals surface area contributed by atoms with Gasteiger partial charge >= 0.3 is 11.8 Å². The molecule has 0 spiro atoms. The molecule has 11 heteroatoms. The summed E-state index contributed by atoms with van der Waals surface area (Å²) in [6.45, 7) is 0.154. The minimum Gasteiger partial charge on any atom is -0.350 e. The number of nitro benzene ring substituents is 1.